The first-order valence-electron chi connectivity index (χ1n) is 5.44. The Bertz CT molecular complexity index is 512. The van der Waals surface area contributed by atoms with E-state index in [0.717, 1.165) is 16.9 Å². The van der Waals surface area contributed by atoms with Gasteiger partial charge in [-0.15, -0.1) is 0 Å². The number of carbonyl (C=O) groups is 1. The number of Topliss-reactive ketones (excluding diaryl/α,β-unsaturated/α-hetero) is 1. The van der Waals surface area contributed by atoms with Gasteiger partial charge in [-0.25, -0.2) is 0 Å². The highest BCUT2D eigenvalue weighted by Gasteiger charge is 2.10. The minimum Gasteiger partial charge on any atom is -0.485 e. The standard InChI is InChI=1S/C14H14O3/c1-10-5-3-6-13(11(10)2)17-9-12(15)14-7-4-8-16-14/h3-8H,9H2,1-2H3. The van der Waals surface area contributed by atoms with Gasteiger partial charge in [0.2, 0.25) is 5.78 Å². The van der Waals surface area contributed by atoms with Crippen LogP contribution in [0.25, 0.3) is 0 Å². The van der Waals surface area contributed by atoms with Crippen molar-refractivity contribution in [2.45, 2.75) is 13.8 Å². The van der Waals surface area contributed by atoms with Crippen molar-refractivity contribution in [3.05, 3.63) is 53.5 Å². The Hall–Kier alpha value is -2.03. The number of hydrogen-bond acceptors (Lipinski definition) is 3. The van der Waals surface area contributed by atoms with Gasteiger partial charge in [-0.2, -0.15) is 0 Å². The predicted octanol–water partition coefficient (Wildman–Crippen LogP) is 3.16. The summed E-state index contributed by atoms with van der Waals surface area (Å²) in [4.78, 5) is 11.7. The van der Waals surface area contributed by atoms with Crippen LogP contribution in [0.2, 0.25) is 0 Å². The molecule has 0 bridgehead atoms. The molecule has 3 heteroatoms. The zero-order valence-electron chi connectivity index (χ0n) is 9.90. The Labute approximate surface area is 100 Å². The van der Waals surface area contributed by atoms with E-state index in [1.807, 2.05) is 32.0 Å². The van der Waals surface area contributed by atoms with Crippen molar-refractivity contribution in [3.63, 3.8) is 0 Å². The van der Waals surface area contributed by atoms with Crippen LogP contribution >= 0.6 is 0 Å². The van der Waals surface area contributed by atoms with Crippen LogP contribution in [-0.2, 0) is 0 Å². The second-order valence-electron chi connectivity index (χ2n) is 3.89. The zero-order chi connectivity index (χ0) is 12.3. The third-order valence-corrected chi connectivity index (χ3v) is 2.71. The summed E-state index contributed by atoms with van der Waals surface area (Å²) < 4.78 is 10.5. The number of rotatable bonds is 4. The van der Waals surface area contributed by atoms with Crippen molar-refractivity contribution in [1.82, 2.24) is 0 Å². The highest BCUT2D eigenvalue weighted by atomic mass is 16.5. The molecule has 0 atom stereocenters. The number of ether oxygens (including phenoxy) is 1. The lowest BCUT2D eigenvalue weighted by atomic mass is 10.1. The molecule has 0 saturated carbocycles. The monoisotopic (exact) mass is 230 g/mol. The van der Waals surface area contributed by atoms with E-state index in [1.165, 1.54) is 6.26 Å². The molecule has 0 amide bonds. The lowest BCUT2D eigenvalue weighted by Gasteiger charge is -2.09. The molecule has 0 spiro atoms. The first kappa shape index (κ1) is 11.5. The van der Waals surface area contributed by atoms with Gasteiger partial charge in [-0.3, -0.25) is 4.79 Å². The zero-order valence-corrected chi connectivity index (χ0v) is 9.90. The predicted molar refractivity (Wildman–Crippen MR) is 64.4 cm³/mol. The van der Waals surface area contributed by atoms with Crippen LogP contribution in [0, 0.1) is 13.8 Å². The maximum atomic E-state index is 11.7. The molecule has 0 unspecified atom stereocenters. The molecule has 88 valence electrons. The number of furan rings is 1. The Morgan fingerprint density at radius 1 is 1.24 bits per heavy atom. The summed E-state index contributed by atoms with van der Waals surface area (Å²) in [5.41, 5.74) is 2.20. The molecule has 0 radical (unpaired) electrons. The fraction of sp³-hybridized carbons (Fsp3) is 0.214. The summed E-state index contributed by atoms with van der Waals surface area (Å²) in [7, 11) is 0. The maximum Gasteiger partial charge on any atom is 0.235 e. The third kappa shape index (κ3) is 2.56. The molecular formula is C14H14O3. The van der Waals surface area contributed by atoms with E-state index < -0.39 is 0 Å². The Balaban J connectivity index is 2.03. The smallest absolute Gasteiger partial charge is 0.235 e. The molecule has 0 aliphatic carbocycles. The number of aryl methyl sites for hydroxylation is 1. The van der Waals surface area contributed by atoms with Crippen molar-refractivity contribution in [3.8, 4) is 5.75 Å². The molecule has 1 aromatic heterocycles. The van der Waals surface area contributed by atoms with Crippen LogP contribution in [0.4, 0.5) is 0 Å². The van der Waals surface area contributed by atoms with Gasteiger partial charge in [-0.1, -0.05) is 12.1 Å². The Morgan fingerprint density at radius 2 is 2.06 bits per heavy atom. The van der Waals surface area contributed by atoms with Gasteiger partial charge in [-0.05, 0) is 43.2 Å². The number of hydrogen-bond donors (Lipinski definition) is 0. The van der Waals surface area contributed by atoms with Crippen molar-refractivity contribution in [2.24, 2.45) is 0 Å². The maximum absolute atomic E-state index is 11.7. The molecule has 0 N–H and O–H groups in total. The number of ketones is 1. The summed E-state index contributed by atoms with van der Waals surface area (Å²) in [6, 6.07) is 9.10. The van der Waals surface area contributed by atoms with Crippen molar-refractivity contribution in [1.29, 1.82) is 0 Å². The van der Waals surface area contributed by atoms with Crippen molar-refractivity contribution < 1.29 is 13.9 Å². The normalized spacial score (nSPS) is 10.2. The number of carbonyl (C=O) groups excluding carboxylic acids is 1. The first-order chi connectivity index (χ1) is 8.18. The van der Waals surface area contributed by atoms with E-state index >= 15 is 0 Å². The highest BCUT2D eigenvalue weighted by Crippen LogP contribution is 2.20. The van der Waals surface area contributed by atoms with Crippen LogP contribution in [0.15, 0.2) is 41.0 Å². The average molecular weight is 230 g/mol. The van der Waals surface area contributed by atoms with Gasteiger partial charge in [0.25, 0.3) is 0 Å². The van der Waals surface area contributed by atoms with E-state index in [4.69, 9.17) is 9.15 Å². The van der Waals surface area contributed by atoms with Crippen LogP contribution < -0.4 is 4.74 Å². The quantitative estimate of drug-likeness (QED) is 0.757. The van der Waals surface area contributed by atoms with Crippen molar-refractivity contribution in [2.75, 3.05) is 6.61 Å². The summed E-state index contributed by atoms with van der Waals surface area (Å²) in [5.74, 6) is 0.913. The molecule has 2 rings (SSSR count). The van der Waals surface area contributed by atoms with Gasteiger partial charge in [0.05, 0.1) is 6.26 Å². The lowest BCUT2D eigenvalue weighted by molar-refractivity contribution is 0.0893. The highest BCUT2D eigenvalue weighted by molar-refractivity contribution is 5.94. The molecular weight excluding hydrogens is 216 g/mol. The van der Waals surface area contributed by atoms with Crippen LogP contribution in [0.5, 0.6) is 5.75 Å². The van der Waals surface area contributed by atoms with E-state index in [1.54, 1.807) is 12.1 Å². The largest absolute Gasteiger partial charge is 0.485 e. The van der Waals surface area contributed by atoms with Crippen LogP contribution in [0.1, 0.15) is 21.7 Å². The topological polar surface area (TPSA) is 39.4 Å². The van der Waals surface area contributed by atoms with Crippen LogP contribution in [-0.4, -0.2) is 12.4 Å². The molecule has 0 aliphatic heterocycles. The number of benzene rings is 1. The molecule has 0 saturated heterocycles. The SMILES string of the molecule is Cc1cccc(OCC(=O)c2ccco2)c1C. The van der Waals surface area contributed by atoms with E-state index in [0.29, 0.717) is 5.76 Å². The second kappa shape index (κ2) is 4.87. The fourth-order valence-corrected chi connectivity index (χ4v) is 1.53. The average Bonchev–Trinajstić information content (AvgIpc) is 2.84. The summed E-state index contributed by atoms with van der Waals surface area (Å²) in [6.07, 6.45) is 1.48. The summed E-state index contributed by atoms with van der Waals surface area (Å²) >= 11 is 0. The lowest BCUT2D eigenvalue weighted by Crippen LogP contribution is -2.11. The first-order valence-corrected chi connectivity index (χ1v) is 5.44. The van der Waals surface area contributed by atoms with Gasteiger partial charge in [0.15, 0.2) is 12.4 Å². The Morgan fingerprint density at radius 3 is 2.76 bits per heavy atom. The van der Waals surface area contributed by atoms with Crippen molar-refractivity contribution >= 4 is 5.78 Å². The molecule has 0 aliphatic rings. The fourth-order valence-electron chi connectivity index (χ4n) is 1.53. The Kier molecular flexibility index (Phi) is 3.28. The molecule has 17 heavy (non-hydrogen) atoms. The summed E-state index contributed by atoms with van der Waals surface area (Å²) in [5, 5.41) is 0. The van der Waals surface area contributed by atoms with Gasteiger partial charge < -0.3 is 9.15 Å². The second-order valence-corrected chi connectivity index (χ2v) is 3.89. The molecule has 3 nitrogen and oxygen atoms in total. The molecule has 2 aromatic rings. The minimum absolute atomic E-state index is 0.00218. The minimum atomic E-state index is -0.157. The van der Waals surface area contributed by atoms with Crippen LogP contribution in [0.3, 0.4) is 0 Å². The molecule has 1 heterocycles. The molecule has 1 aromatic carbocycles. The van der Waals surface area contributed by atoms with Gasteiger partial charge >= 0.3 is 0 Å². The van der Waals surface area contributed by atoms with Gasteiger partial charge in [0, 0.05) is 0 Å². The third-order valence-electron chi connectivity index (χ3n) is 2.71. The van der Waals surface area contributed by atoms with Gasteiger partial charge in [0.1, 0.15) is 5.75 Å². The molecule has 0 fully saturated rings. The van der Waals surface area contributed by atoms with E-state index in [-0.39, 0.29) is 12.4 Å². The summed E-state index contributed by atoms with van der Waals surface area (Å²) in [6.45, 7) is 3.98. The van der Waals surface area contributed by atoms with E-state index in [2.05, 4.69) is 0 Å². The van der Waals surface area contributed by atoms with E-state index in [9.17, 15) is 4.79 Å².